The summed E-state index contributed by atoms with van der Waals surface area (Å²) in [6.07, 6.45) is 2.58. The van der Waals surface area contributed by atoms with Gasteiger partial charge in [-0.25, -0.2) is 4.98 Å². The second-order valence-corrected chi connectivity index (χ2v) is 6.95. The molecule has 3 aromatic rings. The topological polar surface area (TPSA) is 48.4 Å². The maximum Gasteiger partial charge on any atom is 0.130 e. The number of nitrogens with zero attached hydrogens (tertiary/aromatic N) is 2. The van der Waals surface area contributed by atoms with Crippen molar-refractivity contribution in [2.45, 2.75) is 26.8 Å². The molecule has 0 spiro atoms. The summed E-state index contributed by atoms with van der Waals surface area (Å²) in [6.45, 7) is 5.10. The van der Waals surface area contributed by atoms with E-state index in [0.717, 1.165) is 34.9 Å². The van der Waals surface area contributed by atoms with Gasteiger partial charge in [0.05, 0.1) is 0 Å². The molecule has 0 fully saturated rings. The number of aryl methyl sites for hydroxylation is 2. The largest absolute Gasteiger partial charge is 0.396 e. The minimum Gasteiger partial charge on any atom is -0.396 e. The van der Waals surface area contributed by atoms with Gasteiger partial charge in [0.2, 0.25) is 0 Å². The average molecular weight is 361 g/mol. The molecule has 27 heavy (non-hydrogen) atoms. The van der Waals surface area contributed by atoms with Gasteiger partial charge in [-0.05, 0) is 60.7 Å². The van der Waals surface area contributed by atoms with E-state index >= 15 is 0 Å². The highest BCUT2D eigenvalue weighted by Gasteiger charge is 2.08. The first-order valence-corrected chi connectivity index (χ1v) is 9.26. The number of aliphatic hydroxyl groups is 1. The summed E-state index contributed by atoms with van der Waals surface area (Å²) < 4.78 is 0. The summed E-state index contributed by atoms with van der Waals surface area (Å²) in [5.74, 6) is 0.843. The van der Waals surface area contributed by atoms with Crippen molar-refractivity contribution < 1.29 is 5.11 Å². The number of pyridine rings is 1. The zero-order valence-electron chi connectivity index (χ0n) is 16.2. The minimum absolute atomic E-state index is 0.158. The lowest BCUT2D eigenvalue weighted by molar-refractivity contribution is 0.299. The van der Waals surface area contributed by atoms with Crippen molar-refractivity contribution >= 4 is 17.2 Å². The minimum atomic E-state index is 0.158. The maximum atomic E-state index is 9.27. The molecule has 4 heteroatoms. The Morgan fingerprint density at radius 1 is 1.04 bits per heavy atom. The molecular weight excluding hydrogens is 334 g/mol. The lowest BCUT2D eigenvalue weighted by atomic mass is 10.1. The molecule has 3 rings (SSSR count). The van der Waals surface area contributed by atoms with E-state index in [1.54, 1.807) is 0 Å². The molecule has 0 radical (unpaired) electrons. The van der Waals surface area contributed by atoms with Gasteiger partial charge in [-0.1, -0.05) is 36.4 Å². The summed E-state index contributed by atoms with van der Waals surface area (Å²) in [5.41, 5.74) is 6.95. The number of benzene rings is 2. The van der Waals surface area contributed by atoms with Gasteiger partial charge in [-0.15, -0.1) is 0 Å². The van der Waals surface area contributed by atoms with Gasteiger partial charge >= 0.3 is 0 Å². The van der Waals surface area contributed by atoms with E-state index in [-0.39, 0.29) is 6.61 Å². The van der Waals surface area contributed by atoms with Crippen LogP contribution in [0.4, 0.5) is 17.2 Å². The Labute approximate surface area is 161 Å². The van der Waals surface area contributed by atoms with Gasteiger partial charge in [-0.3, -0.25) is 0 Å². The smallest absolute Gasteiger partial charge is 0.130 e. The average Bonchev–Trinajstić information content (AvgIpc) is 2.67. The predicted molar refractivity (Wildman–Crippen MR) is 113 cm³/mol. The normalized spacial score (nSPS) is 10.7. The van der Waals surface area contributed by atoms with Crippen LogP contribution in [-0.2, 0) is 13.0 Å². The highest BCUT2D eigenvalue weighted by Crippen LogP contribution is 2.23. The standard InChI is InChI=1S/C23H27N3O/c1-17-8-9-18(2)21(14-17)25-23-11-10-19(15-24-23)16-26(3)22-7-5-4-6-20(22)12-13-27/h4-11,14-15,27H,12-13,16H2,1-3H3,(H,24,25). The molecule has 0 aliphatic heterocycles. The monoisotopic (exact) mass is 361 g/mol. The number of hydrogen-bond donors (Lipinski definition) is 2. The lowest BCUT2D eigenvalue weighted by Crippen LogP contribution is -2.18. The van der Waals surface area contributed by atoms with Crippen molar-refractivity contribution in [3.05, 3.63) is 83.0 Å². The quantitative estimate of drug-likeness (QED) is 0.645. The van der Waals surface area contributed by atoms with Crippen LogP contribution in [0.2, 0.25) is 0 Å². The zero-order chi connectivity index (χ0) is 19.2. The van der Waals surface area contributed by atoms with Crippen molar-refractivity contribution in [1.29, 1.82) is 0 Å². The van der Waals surface area contributed by atoms with Crippen molar-refractivity contribution in [3.8, 4) is 0 Å². The van der Waals surface area contributed by atoms with Crippen LogP contribution in [0.15, 0.2) is 60.8 Å². The molecule has 0 atom stereocenters. The molecule has 1 aromatic heterocycles. The van der Waals surface area contributed by atoms with Crippen molar-refractivity contribution in [2.24, 2.45) is 0 Å². The first kappa shape index (κ1) is 18.9. The summed E-state index contributed by atoms with van der Waals surface area (Å²) in [5, 5.41) is 12.7. The fraction of sp³-hybridized carbons (Fsp3) is 0.261. The van der Waals surface area contributed by atoms with Gasteiger partial charge < -0.3 is 15.3 Å². The van der Waals surface area contributed by atoms with Crippen molar-refractivity contribution in [1.82, 2.24) is 4.98 Å². The van der Waals surface area contributed by atoms with Crippen LogP contribution in [0.3, 0.4) is 0 Å². The number of para-hydroxylation sites is 1. The molecule has 0 saturated heterocycles. The van der Waals surface area contributed by atoms with E-state index < -0.39 is 0 Å². The Hall–Kier alpha value is -2.85. The van der Waals surface area contributed by atoms with E-state index in [1.165, 1.54) is 11.1 Å². The Morgan fingerprint density at radius 2 is 1.85 bits per heavy atom. The predicted octanol–water partition coefficient (Wildman–Crippen LogP) is 4.61. The Balaban J connectivity index is 1.70. The lowest BCUT2D eigenvalue weighted by Gasteiger charge is -2.22. The summed E-state index contributed by atoms with van der Waals surface area (Å²) >= 11 is 0. The number of nitrogens with one attached hydrogen (secondary N) is 1. The fourth-order valence-electron chi connectivity index (χ4n) is 3.17. The van der Waals surface area contributed by atoms with Crippen LogP contribution < -0.4 is 10.2 Å². The molecule has 2 N–H and O–H groups in total. The second kappa shape index (κ2) is 8.69. The highest BCUT2D eigenvalue weighted by atomic mass is 16.2. The fourth-order valence-corrected chi connectivity index (χ4v) is 3.17. The van der Waals surface area contributed by atoms with Gasteiger partial charge in [0.15, 0.2) is 0 Å². The number of hydrogen-bond acceptors (Lipinski definition) is 4. The van der Waals surface area contributed by atoms with Crippen LogP contribution in [0, 0.1) is 13.8 Å². The molecule has 4 nitrogen and oxygen atoms in total. The first-order valence-electron chi connectivity index (χ1n) is 9.26. The Morgan fingerprint density at radius 3 is 2.59 bits per heavy atom. The Kier molecular flexibility index (Phi) is 6.09. The zero-order valence-corrected chi connectivity index (χ0v) is 16.2. The van der Waals surface area contributed by atoms with Crippen LogP contribution in [0.25, 0.3) is 0 Å². The summed E-state index contributed by atoms with van der Waals surface area (Å²) in [4.78, 5) is 6.77. The summed E-state index contributed by atoms with van der Waals surface area (Å²) in [6, 6.07) is 18.7. The van der Waals surface area contributed by atoms with Gasteiger partial charge in [0.25, 0.3) is 0 Å². The van der Waals surface area contributed by atoms with Crippen molar-refractivity contribution in [3.63, 3.8) is 0 Å². The van der Waals surface area contributed by atoms with Crippen LogP contribution >= 0.6 is 0 Å². The molecule has 2 aromatic carbocycles. The molecule has 140 valence electrons. The second-order valence-electron chi connectivity index (χ2n) is 6.95. The van der Waals surface area contributed by atoms with Crippen molar-refractivity contribution in [2.75, 3.05) is 23.9 Å². The van der Waals surface area contributed by atoms with Gasteiger partial charge in [0.1, 0.15) is 5.82 Å². The molecule has 0 aliphatic rings. The van der Waals surface area contributed by atoms with E-state index in [0.29, 0.717) is 6.42 Å². The van der Waals surface area contributed by atoms with E-state index in [1.807, 2.05) is 24.4 Å². The summed E-state index contributed by atoms with van der Waals surface area (Å²) in [7, 11) is 2.07. The molecule has 0 bridgehead atoms. The molecule has 0 amide bonds. The van der Waals surface area contributed by atoms with Crippen LogP contribution in [0.5, 0.6) is 0 Å². The third kappa shape index (κ3) is 4.86. The highest BCUT2D eigenvalue weighted by molar-refractivity contribution is 5.61. The van der Waals surface area contributed by atoms with E-state index in [9.17, 15) is 5.11 Å². The number of anilines is 3. The van der Waals surface area contributed by atoms with Crippen LogP contribution in [-0.4, -0.2) is 23.7 Å². The molecule has 0 saturated carbocycles. The number of aromatic nitrogens is 1. The third-order valence-electron chi connectivity index (χ3n) is 4.68. The number of aliphatic hydroxyl groups excluding tert-OH is 1. The maximum absolute atomic E-state index is 9.27. The van der Waals surface area contributed by atoms with E-state index in [2.05, 4.69) is 72.5 Å². The van der Waals surface area contributed by atoms with Crippen LogP contribution in [0.1, 0.15) is 22.3 Å². The van der Waals surface area contributed by atoms with E-state index in [4.69, 9.17) is 0 Å². The number of rotatable bonds is 7. The van der Waals surface area contributed by atoms with Gasteiger partial charge in [0, 0.05) is 37.8 Å². The third-order valence-corrected chi connectivity index (χ3v) is 4.68. The Bertz CT molecular complexity index is 890. The molecule has 1 heterocycles. The molecular formula is C23H27N3O. The molecule has 0 unspecified atom stereocenters. The molecule has 0 aliphatic carbocycles. The first-order chi connectivity index (χ1) is 13.1. The van der Waals surface area contributed by atoms with Gasteiger partial charge in [-0.2, -0.15) is 0 Å². The SMILES string of the molecule is Cc1ccc(C)c(Nc2ccc(CN(C)c3ccccc3CCO)cn2)c1.